The topological polar surface area (TPSA) is 77.3 Å². The van der Waals surface area contributed by atoms with Crippen molar-refractivity contribution in [3.05, 3.63) is 34.7 Å². The third-order valence-electron chi connectivity index (χ3n) is 5.39. The van der Waals surface area contributed by atoms with Crippen LogP contribution in [0.2, 0.25) is 0 Å². The van der Waals surface area contributed by atoms with Crippen molar-refractivity contribution in [3.8, 4) is 0 Å². The van der Waals surface area contributed by atoms with Gasteiger partial charge >= 0.3 is 5.69 Å². The van der Waals surface area contributed by atoms with Crippen LogP contribution < -0.4 is 16.3 Å². The first-order valence-corrected chi connectivity index (χ1v) is 9.17. The van der Waals surface area contributed by atoms with E-state index < -0.39 is 0 Å². The summed E-state index contributed by atoms with van der Waals surface area (Å²) in [6.45, 7) is 3.55. The van der Waals surface area contributed by atoms with Gasteiger partial charge in [-0.05, 0) is 38.1 Å². The molecular formula is C19H29ClN4O3. The van der Waals surface area contributed by atoms with Gasteiger partial charge in [-0.15, -0.1) is 12.4 Å². The van der Waals surface area contributed by atoms with Gasteiger partial charge in [-0.3, -0.25) is 13.9 Å². The highest BCUT2D eigenvalue weighted by atomic mass is 35.5. The molecule has 2 aromatic rings. The summed E-state index contributed by atoms with van der Waals surface area (Å²) in [6.07, 6.45) is 2.27. The fraction of sp³-hybridized carbons (Fsp3) is 0.579. The lowest BCUT2D eigenvalue weighted by Gasteiger charge is -2.37. The number of para-hydroxylation sites is 2. The Morgan fingerprint density at radius 3 is 2.59 bits per heavy atom. The van der Waals surface area contributed by atoms with Crippen LogP contribution >= 0.6 is 12.4 Å². The summed E-state index contributed by atoms with van der Waals surface area (Å²) >= 11 is 0. The average molecular weight is 397 g/mol. The minimum Gasteiger partial charge on any atom is -0.384 e. The number of hydrogen-bond donors (Lipinski definition) is 2. The number of ether oxygens (including phenoxy) is 1. The van der Waals surface area contributed by atoms with Crippen molar-refractivity contribution < 1.29 is 9.53 Å². The minimum absolute atomic E-state index is 0. The monoisotopic (exact) mass is 396 g/mol. The molecule has 0 saturated carbocycles. The van der Waals surface area contributed by atoms with E-state index in [1.54, 1.807) is 23.3 Å². The molecule has 27 heavy (non-hydrogen) atoms. The van der Waals surface area contributed by atoms with E-state index in [9.17, 15) is 9.59 Å². The Morgan fingerprint density at radius 2 is 1.93 bits per heavy atom. The molecule has 1 amide bonds. The molecule has 2 N–H and O–H groups in total. The Kier molecular flexibility index (Phi) is 7.47. The minimum atomic E-state index is -0.0896. The second kappa shape index (κ2) is 9.39. The van der Waals surface area contributed by atoms with Crippen LogP contribution in [0.4, 0.5) is 0 Å². The van der Waals surface area contributed by atoms with E-state index in [0.717, 1.165) is 37.0 Å². The SMILES string of the molecule is COCC1(CNC(=O)CCn2c(=O)n(C)c3ccccc32)CCNCC1.Cl. The predicted octanol–water partition coefficient (Wildman–Crippen LogP) is 1.28. The number of amides is 1. The fourth-order valence-electron chi connectivity index (χ4n) is 3.80. The van der Waals surface area contributed by atoms with Gasteiger partial charge in [0, 0.05) is 39.1 Å². The third kappa shape index (κ3) is 4.72. The lowest BCUT2D eigenvalue weighted by molar-refractivity contribution is -0.122. The molecule has 1 saturated heterocycles. The molecule has 0 aliphatic carbocycles. The number of halogens is 1. The van der Waals surface area contributed by atoms with Gasteiger partial charge < -0.3 is 15.4 Å². The molecule has 1 aromatic heterocycles. The summed E-state index contributed by atoms with van der Waals surface area (Å²) in [5.74, 6) is -0.0288. The first kappa shape index (κ1) is 21.5. The lowest BCUT2D eigenvalue weighted by Crippen LogP contribution is -2.47. The molecule has 150 valence electrons. The third-order valence-corrected chi connectivity index (χ3v) is 5.39. The highest BCUT2D eigenvalue weighted by Gasteiger charge is 2.32. The van der Waals surface area contributed by atoms with Gasteiger partial charge in [0.2, 0.25) is 5.91 Å². The van der Waals surface area contributed by atoms with Crippen molar-refractivity contribution >= 4 is 29.3 Å². The summed E-state index contributed by atoms with van der Waals surface area (Å²) in [6, 6.07) is 7.65. The zero-order valence-electron chi connectivity index (χ0n) is 16.0. The first-order valence-electron chi connectivity index (χ1n) is 9.17. The number of aromatic nitrogens is 2. The fourth-order valence-corrected chi connectivity index (χ4v) is 3.80. The summed E-state index contributed by atoms with van der Waals surface area (Å²) in [5, 5.41) is 6.40. The number of carbonyl (C=O) groups excluding carboxylic acids is 1. The maximum atomic E-state index is 12.4. The van der Waals surface area contributed by atoms with Crippen LogP contribution in [0.3, 0.4) is 0 Å². The van der Waals surface area contributed by atoms with Gasteiger partial charge in [-0.25, -0.2) is 4.79 Å². The van der Waals surface area contributed by atoms with Crippen LogP contribution in [0.25, 0.3) is 11.0 Å². The number of piperidine rings is 1. The van der Waals surface area contributed by atoms with Crippen molar-refractivity contribution in [1.82, 2.24) is 19.8 Å². The van der Waals surface area contributed by atoms with Crippen LogP contribution in [0.5, 0.6) is 0 Å². The van der Waals surface area contributed by atoms with Gasteiger partial charge in [-0.2, -0.15) is 0 Å². The highest BCUT2D eigenvalue weighted by Crippen LogP contribution is 2.28. The van der Waals surface area contributed by atoms with Gasteiger partial charge in [-0.1, -0.05) is 12.1 Å². The number of imidazole rings is 1. The van der Waals surface area contributed by atoms with Crippen LogP contribution in [0.15, 0.2) is 29.1 Å². The molecule has 8 heteroatoms. The molecule has 1 fully saturated rings. The van der Waals surface area contributed by atoms with E-state index in [1.165, 1.54) is 0 Å². The quantitative estimate of drug-likeness (QED) is 0.739. The van der Waals surface area contributed by atoms with Gasteiger partial charge in [0.05, 0.1) is 17.6 Å². The zero-order chi connectivity index (χ0) is 18.6. The van der Waals surface area contributed by atoms with Gasteiger partial charge in [0.25, 0.3) is 0 Å². The molecule has 7 nitrogen and oxygen atoms in total. The Balaban J connectivity index is 0.00000261. The highest BCUT2D eigenvalue weighted by molar-refractivity contribution is 5.85. The number of fused-ring (bicyclic) bond motifs is 1. The molecule has 0 atom stereocenters. The van der Waals surface area contributed by atoms with E-state index in [-0.39, 0.29) is 35.8 Å². The molecule has 1 aliphatic heterocycles. The normalized spacial score (nSPS) is 16.1. The molecule has 1 aromatic carbocycles. The van der Waals surface area contributed by atoms with Crippen LogP contribution in [-0.2, 0) is 23.1 Å². The standard InChI is InChI=1S/C19H28N4O3.ClH/c1-22-15-5-3-4-6-16(15)23(18(22)25)12-7-17(24)21-13-19(14-26-2)8-10-20-11-9-19;/h3-6,20H,7-14H2,1-2H3,(H,21,24);1H. The number of benzene rings is 1. The van der Waals surface area contributed by atoms with E-state index in [1.807, 2.05) is 24.3 Å². The maximum absolute atomic E-state index is 12.4. The number of nitrogens with one attached hydrogen (secondary N) is 2. The maximum Gasteiger partial charge on any atom is 0.328 e. The molecule has 1 aliphatic rings. The first-order chi connectivity index (χ1) is 12.6. The summed E-state index contributed by atoms with van der Waals surface area (Å²) < 4.78 is 8.68. The average Bonchev–Trinajstić information content (AvgIpc) is 2.90. The summed E-state index contributed by atoms with van der Waals surface area (Å²) in [7, 11) is 3.46. The number of hydrogen-bond acceptors (Lipinski definition) is 4. The van der Waals surface area contributed by atoms with E-state index >= 15 is 0 Å². The Bertz CT molecular complexity index is 818. The molecule has 2 heterocycles. The smallest absolute Gasteiger partial charge is 0.328 e. The number of nitrogens with zero attached hydrogens (tertiary/aromatic N) is 2. The summed E-state index contributed by atoms with van der Waals surface area (Å²) in [4.78, 5) is 24.8. The van der Waals surface area contributed by atoms with E-state index in [0.29, 0.717) is 19.7 Å². The van der Waals surface area contributed by atoms with E-state index in [2.05, 4.69) is 10.6 Å². The van der Waals surface area contributed by atoms with Gasteiger partial charge in [0.1, 0.15) is 0 Å². The molecule has 0 spiro atoms. The van der Waals surface area contributed by atoms with Crippen molar-refractivity contribution in [2.45, 2.75) is 25.8 Å². The molecule has 3 rings (SSSR count). The van der Waals surface area contributed by atoms with Crippen molar-refractivity contribution in [3.63, 3.8) is 0 Å². The van der Waals surface area contributed by atoms with Crippen molar-refractivity contribution in [1.29, 1.82) is 0 Å². The number of rotatable bonds is 7. The molecule has 0 bridgehead atoms. The second-order valence-electron chi connectivity index (χ2n) is 7.19. The molecule has 0 radical (unpaired) electrons. The molecule has 0 unspecified atom stereocenters. The Morgan fingerprint density at radius 1 is 1.26 bits per heavy atom. The van der Waals surface area contributed by atoms with Crippen molar-refractivity contribution in [2.75, 3.05) is 33.4 Å². The van der Waals surface area contributed by atoms with Crippen molar-refractivity contribution in [2.24, 2.45) is 12.5 Å². The zero-order valence-corrected chi connectivity index (χ0v) is 16.8. The lowest BCUT2D eigenvalue weighted by atomic mass is 9.79. The predicted molar refractivity (Wildman–Crippen MR) is 108 cm³/mol. The molecular weight excluding hydrogens is 368 g/mol. The second-order valence-corrected chi connectivity index (χ2v) is 7.19. The van der Waals surface area contributed by atoms with Gasteiger partial charge in [0.15, 0.2) is 0 Å². The Hall–Kier alpha value is -1.83. The van der Waals surface area contributed by atoms with E-state index in [4.69, 9.17) is 4.74 Å². The summed E-state index contributed by atoms with van der Waals surface area (Å²) in [5.41, 5.74) is 1.66. The van der Waals surface area contributed by atoms with Crippen LogP contribution in [0, 0.1) is 5.41 Å². The number of methoxy groups -OCH3 is 1. The number of aryl methyl sites for hydroxylation is 2. The Labute approximate surface area is 165 Å². The number of carbonyl (C=O) groups is 1. The van der Waals surface area contributed by atoms with Crippen LogP contribution in [0.1, 0.15) is 19.3 Å². The van der Waals surface area contributed by atoms with Crippen LogP contribution in [-0.4, -0.2) is 48.4 Å². The largest absolute Gasteiger partial charge is 0.384 e.